The summed E-state index contributed by atoms with van der Waals surface area (Å²) in [7, 11) is 0. The molecule has 6 heteroatoms. The predicted molar refractivity (Wildman–Crippen MR) is 85.0 cm³/mol. The first-order valence-electron chi connectivity index (χ1n) is 8.87. The zero-order chi connectivity index (χ0) is 15.8. The lowest BCUT2D eigenvalue weighted by molar-refractivity contribution is -0.139. The van der Waals surface area contributed by atoms with E-state index in [-0.39, 0.29) is 11.8 Å². The SMILES string of the molecule is O=C(c1cc2n(n1)CCCC2)N1CCN(C(=O)C2CCC2)CC1. The first-order chi connectivity index (χ1) is 11.2. The van der Waals surface area contributed by atoms with Crippen molar-refractivity contribution in [2.45, 2.75) is 45.1 Å². The van der Waals surface area contributed by atoms with E-state index in [1.165, 1.54) is 18.5 Å². The minimum absolute atomic E-state index is 0.0163. The molecule has 0 radical (unpaired) electrons. The van der Waals surface area contributed by atoms with E-state index in [0.717, 1.165) is 32.2 Å². The largest absolute Gasteiger partial charge is 0.339 e. The molecule has 4 rings (SSSR count). The smallest absolute Gasteiger partial charge is 0.274 e. The Balaban J connectivity index is 1.37. The third-order valence-corrected chi connectivity index (χ3v) is 5.47. The molecule has 0 aromatic carbocycles. The van der Waals surface area contributed by atoms with Gasteiger partial charge in [0, 0.05) is 44.3 Å². The molecular weight excluding hydrogens is 292 g/mol. The molecule has 2 aliphatic heterocycles. The van der Waals surface area contributed by atoms with Gasteiger partial charge in [-0.15, -0.1) is 0 Å². The number of hydrogen-bond acceptors (Lipinski definition) is 3. The van der Waals surface area contributed by atoms with Crippen LogP contribution in [0.4, 0.5) is 0 Å². The molecule has 0 bridgehead atoms. The van der Waals surface area contributed by atoms with E-state index >= 15 is 0 Å². The van der Waals surface area contributed by atoms with Crippen LogP contribution in [-0.4, -0.2) is 57.6 Å². The Morgan fingerprint density at radius 3 is 2.35 bits per heavy atom. The summed E-state index contributed by atoms with van der Waals surface area (Å²) >= 11 is 0. The third kappa shape index (κ3) is 2.75. The molecule has 1 aromatic rings. The number of piperazine rings is 1. The Morgan fingerprint density at radius 1 is 0.957 bits per heavy atom. The van der Waals surface area contributed by atoms with Gasteiger partial charge in [0.15, 0.2) is 5.69 Å². The summed E-state index contributed by atoms with van der Waals surface area (Å²) in [5.41, 5.74) is 1.75. The van der Waals surface area contributed by atoms with Crippen LogP contribution in [0.15, 0.2) is 6.07 Å². The molecule has 2 fully saturated rings. The summed E-state index contributed by atoms with van der Waals surface area (Å²) < 4.78 is 1.98. The Bertz CT molecular complexity index is 589. The molecular formula is C17H24N4O2. The number of carbonyl (C=O) groups excluding carboxylic acids is 2. The topological polar surface area (TPSA) is 58.4 Å². The van der Waals surface area contributed by atoms with E-state index in [2.05, 4.69) is 5.10 Å². The standard InChI is InChI=1S/C17H24N4O2/c22-16(13-4-3-5-13)19-8-10-20(11-9-19)17(23)15-12-14-6-1-2-7-21(14)18-15/h12-13H,1-11H2. The molecule has 6 nitrogen and oxygen atoms in total. The van der Waals surface area contributed by atoms with Crippen molar-refractivity contribution in [3.63, 3.8) is 0 Å². The average molecular weight is 316 g/mol. The lowest BCUT2D eigenvalue weighted by Crippen LogP contribution is -2.52. The second-order valence-corrected chi connectivity index (χ2v) is 6.95. The number of aryl methyl sites for hydroxylation is 2. The van der Waals surface area contributed by atoms with Crippen molar-refractivity contribution in [1.29, 1.82) is 0 Å². The Hall–Kier alpha value is -1.85. The van der Waals surface area contributed by atoms with Crippen LogP contribution in [0.5, 0.6) is 0 Å². The van der Waals surface area contributed by atoms with E-state index in [4.69, 9.17) is 0 Å². The van der Waals surface area contributed by atoms with Gasteiger partial charge in [0.25, 0.3) is 5.91 Å². The van der Waals surface area contributed by atoms with Crippen LogP contribution in [-0.2, 0) is 17.8 Å². The summed E-state index contributed by atoms with van der Waals surface area (Å²) in [6.45, 7) is 3.49. The van der Waals surface area contributed by atoms with Crippen molar-refractivity contribution >= 4 is 11.8 Å². The highest BCUT2D eigenvalue weighted by Gasteiger charge is 2.32. The van der Waals surface area contributed by atoms with Gasteiger partial charge in [-0.2, -0.15) is 5.10 Å². The Kier molecular flexibility index (Phi) is 3.83. The van der Waals surface area contributed by atoms with Gasteiger partial charge in [-0.05, 0) is 38.2 Å². The molecule has 1 saturated heterocycles. The van der Waals surface area contributed by atoms with E-state index in [1.807, 2.05) is 20.5 Å². The van der Waals surface area contributed by atoms with Gasteiger partial charge in [-0.1, -0.05) is 6.42 Å². The predicted octanol–water partition coefficient (Wildman–Crippen LogP) is 1.30. The van der Waals surface area contributed by atoms with E-state index < -0.39 is 0 Å². The fourth-order valence-electron chi connectivity index (χ4n) is 3.73. The minimum Gasteiger partial charge on any atom is -0.339 e. The number of rotatable bonds is 2. The maximum absolute atomic E-state index is 12.6. The quantitative estimate of drug-likeness (QED) is 0.826. The highest BCUT2D eigenvalue weighted by Crippen LogP contribution is 2.28. The lowest BCUT2D eigenvalue weighted by atomic mass is 9.84. The zero-order valence-electron chi connectivity index (χ0n) is 13.5. The van der Waals surface area contributed by atoms with Crippen molar-refractivity contribution in [2.75, 3.05) is 26.2 Å². The molecule has 3 heterocycles. The molecule has 0 N–H and O–H groups in total. The van der Waals surface area contributed by atoms with Gasteiger partial charge >= 0.3 is 0 Å². The number of amides is 2. The van der Waals surface area contributed by atoms with Crippen LogP contribution in [0.1, 0.15) is 48.3 Å². The van der Waals surface area contributed by atoms with Gasteiger partial charge in [0.2, 0.25) is 5.91 Å². The molecule has 0 spiro atoms. The molecule has 23 heavy (non-hydrogen) atoms. The third-order valence-electron chi connectivity index (χ3n) is 5.47. The fraction of sp³-hybridized carbons (Fsp3) is 0.706. The maximum atomic E-state index is 12.6. The van der Waals surface area contributed by atoms with Crippen LogP contribution in [0.2, 0.25) is 0 Å². The van der Waals surface area contributed by atoms with Crippen LogP contribution >= 0.6 is 0 Å². The van der Waals surface area contributed by atoms with Gasteiger partial charge < -0.3 is 9.80 Å². The average Bonchev–Trinajstić information content (AvgIpc) is 2.96. The van der Waals surface area contributed by atoms with E-state index in [1.54, 1.807) is 0 Å². The summed E-state index contributed by atoms with van der Waals surface area (Å²) in [6.07, 6.45) is 6.60. The summed E-state index contributed by atoms with van der Waals surface area (Å²) in [5.74, 6) is 0.556. The van der Waals surface area contributed by atoms with Crippen LogP contribution in [0, 0.1) is 5.92 Å². The van der Waals surface area contributed by atoms with Crippen molar-refractivity contribution in [2.24, 2.45) is 5.92 Å². The molecule has 124 valence electrons. The van der Waals surface area contributed by atoms with Crippen LogP contribution in [0.25, 0.3) is 0 Å². The number of aromatic nitrogens is 2. The zero-order valence-corrected chi connectivity index (χ0v) is 13.5. The normalized spacial score (nSPS) is 21.7. The minimum atomic E-state index is 0.0163. The number of hydrogen-bond donors (Lipinski definition) is 0. The van der Waals surface area contributed by atoms with Crippen molar-refractivity contribution in [3.05, 3.63) is 17.5 Å². The number of carbonyl (C=O) groups is 2. The van der Waals surface area contributed by atoms with E-state index in [9.17, 15) is 9.59 Å². The van der Waals surface area contributed by atoms with Crippen LogP contribution < -0.4 is 0 Å². The second-order valence-electron chi connectivity index (χ2n) is 6.95. The molecule has 3 aliphatic rings. The molecule has 1 aromatic heterocycles. The molecule has 2 amide bonds. The Labute approximate surface area is 136 Å². The Morgan fingerprint density at radius 2 is 1.70 bits per heavy atom. The van der Waals surface area contributed by atoms with Crippen molar-refractivity contribution in [3.8, 4) is 0 Å². The monoisotopic (exact) mass is 316 g/mol. The molecule has 0 unspecified atom stereocenters. The second kappa shape index (κ2) is 5.98. The molecule has 1 aliphatic carbocycles. The lowest BCUT2D eigenvalue weighted by Gasteiger charge is -2.38. The summed E-state index contributed by atoms with van der Waals surface area (Å²) in [4.78, 5) is 28.7. The highest BCUT2D eigenvalue weighted by atomic mass is 16.2. The van der Waals surface area contributed by atoms with Crippen molar-refractivity contribution in [1.82, 2.24) is 19.6 Å². The van der Waals surface area contributed by atoms with Gasteiger partial charge in [0.1, 0.15) is 0 Å². The number of fused-ring (bicyclic) bond motifs is 1. The van der Waals surface area contributed by atoms with Crippen molar-refractivity contribution < 1.29 is 9.59 Å². The fourth-order valence-corrected chi connectivity index (χ4v) is 3.73. The van der Waals surface area contributed by atoms with Gasteiger partial charge in [-0.25, -0.2) is 0 Å². The van der Waals surface area contributed by atoms with Gasteiger partial charge in [-0.3, -0.25) is 14.3 Å². The maximum Gasteiger partial charge on any atom is 0.274 e. The first-order valence-corrected chi connectivity index (χ1v) is 8.87. The van der Waals surface area contributed by atoms with E-state index in [0.29, 0.717) is 37.8 Å². The van der Waals surface area contributed by atoms with Crippen LogP contribution in [0.3, 0.4) is 0 Å². The highest BCUT2D eigenvalue weighted by molar-refractivity contribution is 5.92. The molecule has 0 atom stereocenters. The summed E-state index contributed by atoms with van der Waals surface area (Å²) in [6, 6.07) is 1.95. The number of nitrogens with zero attached hydrogens (tertiary/aromatic N) is 4. The van der Waals surface area contributed by atoms with Gasteiger partial charge in [0.05, 0.1) is 0 Å². The molecule has 1 saturated carbocycles. The first kappa shape index (κ1) is 14.7. The summed E-state index contributed by atoms with van der Waals surface area (Å²) in [5, 5.41) is 4.48.